The van der Waals surface area contributed by atoms with Crippen LogP contribution in [-0.4, -0.2) is 37.2 Å². The van der Waals surface area contributed by atoms with Crippen molar-refractivity contribution in [1.82, 2.24) is 0 Å². The van der Waals surface area contributed by atoms with Crippen molar-refractivity contribution in [3.63, 3.8) is 0 Å². The lowest BCUT2D eigenvalue weighted by Gasteiger charge is -2.18. The SMILES string of the molecule is CC/C=C\C/C=C\C/C=C\C/C=C\C/C=C\C/C=C\CCC(=O)OC[C@@H](COC(=O)CCCCCCC/C=C\CCCCC)OC(=O)CCCCCCCCCCCCCCCCCCCCC. The lowest BCUT2D eigenvalue weighted by molar-refractivity contribution is -0.166. The summed E-state index contributed by atoms with van der Waals surface area (Å²) in [5, 5.41) is 0. The molecule has 0 aliphatic heterocycles. The van der Waals surface area contributed by atoms with E-state index >= 15 is 0 Å². The summed E-state index contributed by atoms with van der Waals surface area (Å²) in [4.78, 5) is 38.1. The topological polar surface area (TPSA) is 78.9 Å². The number of rotatable bonds is 51. The van der Waals surface area contributed by atoms with Crippen LogP contribution in [-0.2, 0) is 28.6 Å². The smallest absolute Gasteiger partial charge is 0.306 e. The molecule has 6 heteroatoms. The van der Waals surface area contributed by atoms with E-state index in [1.807, 2.05) is 6.08 Å². The molecule has 0 aliphatic carbocycles. The first-order chi connectivity index (χ1) is 33.5. The molecule has 0 rings (SSSR count). The molecule has 0 N–H and O–H groups in total. The van der Waals surface area contributed by atoms with Gasteiger partial charge in [0.15, 0.2) is 6.10 Å². The first-order valence-corrected chi connectivity index (χ1v) is 28.6. The van der Waals surface area contributed by atoms with E-state index in [2.05, 4.69) is 99.8 Å². The fourth-order valence-corrected chi connectivity index (χ4v) is 7.88. The highest BCUT2D eigenvalue weighted by Crippen LogP contribution is 2.16. The van der Waals surface area contributed by atoms with Crippen molar-refractivity contribution in [2.24, 2.45) is 0 Å². The molecule has 0 saturated heterocycles. The van der Waals surface area contributed by atoms with Crippen LogP contribution in [0, 0.1) is 0 Å². The van der Waals surface area contributed by atoms with E-state index in [1.165, 1.54) is 135 Å². The molecule has 390 valence electrons. The van der Waals surface area contributed by atoms with E-state index in [1.54, 1.807) is 0 Å². The molecule has 0 fully saturated rings. The monoisotopic (exact) mass is 947 g/mol. The van der Waals surface area contributed by atoms with Gasteiger partial charge in [0.1, 0.15) is 13.2 Å². The minimum Gasteiger partial charge on any atom is -0.462 e. The quantitative estimate of drug-likeness (QED) is 0.0262. The number of allylic oxidation sites excluding steroid dienone is 14. The fraction of sp³-hybridized carbons (Fsp3) is 0.726. The molecular weight excluding hydrogens is 841 g/mol. The first-order valence-electron chi connectivity index (χ1n) is 28.6. The van der Waals surface area contributed by atoms with Gasteiger partial charge >= 0.3 is 17.9 Å². The Kier molecular flexibility index (Phi) is 53.4. The molecule has 68 heavy (non-hydrogen) atoms. The van der Waals surface area contributed by atoms with Crippen molar-refractivity contribution < 1.29 is 28.6 Å². The van der Waals surface area contributed by atoms with E-state index in [0.29, 0.717) is 19.3 Å². The summed E-state index contributed by atoms with van der Waals surface area (Å²) in [5.74, 6) is -0.991. The summed E-state index contributed by atoms with van der Waals surface area (Å²) in [5.41, 5.74) is 0. The standard InChI is InChI=1S/C62H106O6/c1-4-7-10-13-16-19-22-25-27-29-31-33-35-37-40-43-46-49-52-55-61(64)67-58-59(57-66-60(63)54-51-48-45-42-39-24-21-18-15-12-9-6-3)68-62(65)56-53-50-47-44-41-38-36-34-32-30-28-26-23-20-17-14-11-8-5-2/h7,10,16,18-19,21,25,27,31,33,37,40,46,49,59H,4-6,8-9,11-15,17,20,22-24,26,28-30,32,34-36,38-39,41-45,47-48,50-58H2,1-3H3/b10-7-,19-16-,21-18-,27-25-,33-31-,40-37-,49-46-/t59-/m1/s1. The maximum absolute atomic E-state index is 12.9. The van der Waals surface area contributed by atoms with E-state index in [9.17, 15) is 14.4 Å². The molecule has 0 radical (unpaired) electrons. The molecule has 0 aliphatic rings. The third-order valence-electron chi connectivity index (χ3n) is 12.1. The zero-order chi connectivity index (χ0) is 49.3. The number of carbonyl (C=O) groups excluding carboxylic acids is 3. The van der Waals surface area contributed by atoms with Crippen LogP contribution in [0.3, 0.4) is 0 Å². The Bertz CT molecular complexity index is 1320. The van der Waals surface area contributed by atoms with Gasteiger partial charge in [0.25, 0.3) is 0 Å². The third kappa shape index (κ3) is 53.5. The second kappa shape index (κ2) is 56.2. The fourth-order valence-electron chi connectivity index (χ4n) is 7.88. The van der Waals surface area contributed by atoms with Crippen molar-refractivity contribution in [2.75, 3.05) is 13.2 Å². The molecule has 0 bridgehead atoms. The Morgan fingerprint density at radius 3 is 1.01 bits per heavy atom. The highest BCUT2D eigenvalue weighted by molar-refractivity contribution is 5.71. The lowest BCUT2D eigenvalue weighted by Crippen LogP contribution is -2.30. The second-order valence-electron chi connectivity index (χ2n) is 18.8. The van der Waals surface area contributed by atoms with E-state index in [-0.39, 0.29) is 37.5 Å². The van der Waals surface area contributed by atoms with E-state index in [4.69, 9.17) is 14.2 Å². The van der Waals surface area contributed by atoms with Gasteiger partial charge in [-0.25, -0.2) is 0 Å². The van der Waals surface area contributed by atoms with E-state index < -0.39 is 6.10 Å². The van der Waals surface area contributed by atoms with Gasteiger partial charge in [0.2, 0.25) is 0 Å². The van der Waals surface area contributed by atoms with E-state index in [0.717, 1.165) is 89.9 Å². The highest BCUT2D eigenvalue weighted by Gasteiger charge is 2.19. The zero-order valence-corrected chi connectivity index (χ0v) is 44.6. The number of ether oxygens (including phenoxy) is 3. The first kappa shape index (κ1) is 64.6. The Labute approximate surface area is 420 Å². The van der Waals surface area contributed by atoms with Gasteiger partial charge in [-0.2, -0.15) is 0 Å². The van der Waals surface area contributed by atoms with Crippen molar-refractivity contribution in [1.29, 1.82) is 0 Å². The largest absolute Gasteiger partial charge is 0.462 e. The van der Waals surface area contributed by atoms with Gasteiger partial charge in [-0.1, -0.05) is 254 Å². The zero-order valence-electron chi connectivity index (χ0n) is 44.6. The normalized spacial score (nSPS) is 12.7. The van der Waals surface area contributed by atoms with Crippen LogP contribution in [0.25, 0.3) is 0 Å². The van der Waals surface area contributed by atoms with Crippen LogP contribution in [0.4, 0.5) is 0 Å². The van der Waals surface area contributed by atoms with Gasteiger partial charge in [0.05, 0.1) is 0 Å². The van der Waals surface area contributed by atoms with Gasteiger partial charge in [-0.05, 0) is 83.5 Å². The summed E-state index contributed by atoms with van der Waals surface area (Å²) in [6.07, 6.45) is 73.0. The summed E-state index contributed by atoms with van der Waals surface area (Å²) >= 11 is 0. The molecule has 0 aromatic rings. The minimum absolute atomic E-state index is 0.102. The Morgan fingerprint density at radius 2 is 0.603 bits per heavy atom. The lowest BCUT2D eigenvalue weighted by atomic mass is 10.0. The minimum atomic E-state index is -0.809. The van der Waals surface area contributed by atoms with Crippen LogP contribution in [0.2, 0.25) is 0 Å². The summed E-state index contributed by atoms with van der Waals surface area (Å²) in [6.45, 7) is 6.45. The van der Waals surface area contributed by atoms with Gasteiger partial charge < -0.3 is 14.2 Å². The van der Waals surface area contributed by atoms with Gasteiger partial charge in [0, 0.05) is 19.3 Å². The molecule has 0 aromatic carbocycles. The maximum Gasteiger partial charge on any atom is 0.306 e. The Morgan fingerprint density at radius 1 is 0.309 bits per heavy atom. The van der Waals surface area contributed by atoms with Crippen LogP contribution in [0.15, 0.2) is 85.1 Å². The van der Waals surface area contributed by atoms with Gasteiger partial charge in [-0.15, -0.1) is 0 Å². The summed E-state index contributed by atoms with van der Waals surface area (Å²) in [6, 6.07) is 0. The molecular formula is C62H106O6. The number of hydrogen-bond acceptors (Lipinski definition) is 6. The molecule has 0 unspecified atom stereocenters. The van der Waals surface area contributed by atoms with Crippen LogP contribution >= 0.6 is 0 Å². The molecule has 0 spiro atoms. The van der Waals surface area contributed by atoms with Gasteiger partial charge in [-0.3, -0.25) is 14.4 Å². The molecule has 0 aromatic heterocycles. The summed E-state index contributed by atoms with van der Waals surface area (Å²) in [7, 11) is 0. The number of carbonyl (C=O) groups is 3. The predicted molar refractivity (Wildman–Crippen MR) is 293 cm³/mol. The van der Waals surface area contributed by atoms with Crippen LogP contribution in [0.5, 0.6) is 0 Å². The average Bonchev–Trinajstić information content (AvgIpc) is 3.34. The number of unbranched alkanes of at least 4 members (excludes halogenated alkanes) is 26. The second-order valence-corrected chi connectivity index (χ2v) is 18.8. The Balaban J connectivity index is 4.45. The third-order valence-corrected chi connectivity index (χ3v) is 12.1. The van der Waals surface area contributed by atoms with Crippen molar-refractivity contribution in [3.05, 3.63) is 85.1 Å². The highest BCUT2D eigenvalue weighted by atomic mass is 16.6. The average molecular weight is 948 g/mol. The number of esters is 3. The Hall–Kier alpha value is -3.41. The molecule has 1 atom stereocenters. The summed E-state index contributed by atoms with van der Waals surface area (Å²) < 4.78 is 16.8. The molecule has 0 amide bonds. The maximum atomic E-state index is 12.9. The predicted octanol–water partition coefficient (Wildman–Crippen LogP) is 19.2. The van der Waals surface area contributed by atoms with Crippen molar-refractivity contribution in [2.45, 2.75) is 277 Å². The van der Waals surface area contributed by atoms with Crippen molar-refractivity contribution >= 4 is 17.9 Å². The van der Waals surface area contributed by atoms with Crippen LogP contribution < -0.4 is 0 Å². The number of hydrogen-bond donors (Lipinski definition) is 0. The molecule has 0 heterocycles. The van der Waals surface area contributed by atoms with Crippen LogP contribution in [0.1, 0.15) is 271 Å². The van der Waals surface area contributed by atoms with Crippen molar-refractivity contribution in [3.8, 4) is 0 Å². The molecule has 0 saturated carbocycles. The molecule has 6 nitrogen and oxygen atoms in total.